The summed E-state index contributed by atoms with van der Waals surface area (Å²) in [7, 11) is 0. The molecule has 0 aromatic carbocycles. The zero-order valence-electron chi connectivity index (χ0n) is 9.61. The van der Waals surface area contributed by atoms with Gasteiger partial charge in [0.2, 0.25) is 0 Å². The van der Waals surface area contributed by atoms with Crippen molar-refractivity contribution in [1.29, 1.82) is 0 Å². The van der Waals surface area contributed by atoms with Crippen molar-refractivity contribution in [3.8, 4) is 11.4 Å². The van der Waals surface area contributed by atoms with Crippen LogP contribution in [0.1, 0.15) is 36.9 Å². The number of pyridine rings is 1. The van der Waals surface area contributed by atoms with Gasteiger partial charge < -0.3 is 0 Å². The first-order chi connectivity index (χ1) is 8.74. The van der Waals surface area contributed by atoms with Gasteiger partial charge in [0.15, 0.2) is 0 Å². The molecule has 0 radical (unpaired) electrons. The first kappa shape index (κ1) is 10.7. The molecular formula is C13H11BrFN3. The lowest BCUT2D eigenvalue weighted by molar-refractivity contribution is 0.477. The van der Waals surface area contributed by atoms with Gasteiger partial charge in [-0.05, 0) is 47.3 Å². The lowest BCUT2D eigenvalue weighted by Crippen LogP contribution is -2.07. The van der Waals surface area contributed by atoms with E-state index in [0.717, 1.165) is 15.9 Å². The van der Waals surface area contributed by atoms with E-state index in [2.05, 4.69) is 30.7 Å². The van der Waals surface area contributed by atoms with Crippen molar-refractivity contribution in [2.45, 2.75) is 31.2 Å². The summed E-state index contributed by atoms with van der Waals surface area (Å²) < 4.78 is 16.1. The third-order valence-corrected chi connectivity index (χ3v) is 4.78. The van der Waals surface area contributed by atoms with Crippen LogP contribution in [0.25, 0.3) is 11.4 Å². The molecule has 5 heteroatoms. The number of halogens is 2. The highest BCUT2D eigenvalue weighted by Gasteiger charge is 2.40. The molecule has 1 aliphatic heterocycles. The Morgan fingerprint density at radius 2 is 2.22 bits per heavy atom. The fourth-order valence-corrected chi connectivity index (χ4v) is 3.97. The molecule has 3 heterocycles. The molecule has 2 atom stereocenters. The molecule has 2 aromatic heterocycles. The first-order valence-electron chi connectivity index (χ1n) is 6.14. The van der Waals surface area contributed by atoms with Crippen molar-refractivity contribution in [1.82, 2.24) is 14.8 Å². The monoisotopic (exact) mass is 307 g/mol. The lowest BCUT2D eigenvalue weighted by Gasteiger charge is -2.12. The van der Waals surface area contributed by atoms with E-state index in [-0.39, 0.29) is 5.82 Å². The van der Waals surface area contributed by atoms with Crippen LogP contribution >= 0.6 is 15.9 Å². The highest BCUT2D eigenvalue weighted by molar-refractivity contribution is 9.10. The van der Waals surface area contributed by atoms with Gasteiger partial charge in [0, 0.05) is 5.92 Å². The van der Waals surface area contributed by atoms with Crippen molar-refractivity contribution in [3.05, 3.63) is 34.3 Å². The molecule has 2 aromatic rings. The third kappa shape index (κ3) is 1.34. The van der Waals surface area contributed by atoms with Crippen LogP contribution in [0.3, 0.4) is 0 Å². The molecule has 0 saturated heterocycles. The Kier molecular flexibility index (Phi) is 2.15. The van der Waals surface area contributed by atoms with Crippen LogP contribution in [0.2, 0.25) is 0 Å². The van der Waals surface area contributed by atoms with E-state index in [4.69, 9.17) is 0 Å². The third-order valence-electron chi connectivity index (χ3n) is 3.99. The minimum Gasteiger partial charge on any atom is -0.264 e. The summed E-state index contributed by atoms with van der Waals surface area (Å²) in [6.07, 6.45) is 4.94. The van der Waals surface area contributed by atoms with E-state index in [1.54, 1.807) is 6.07 Å². The van der Waals surface area contributed by atoms with Gasteiger partial charge in [0.05, 0.1) is 28.1 Å². The summed E-state index contributed by atoms with van der Waals surface area (Å²) in [5, 5.41) is 4.66. The van der Waals surface area contributed by atoms with Crippen molar-refractivity contribution in [2.24, 2.45) is 0 Å². The molecule has 2 aliphatic rings. The molecule has 1 fully saturated rings. The molecule has 18 heavy (non-hydrogen) atoms. The lowest BCUT2D eigenvalue weighted by atomic mass is 10.0. The Hall–Kier alpha value is -1.23. The number of nitrogens with zero attached hydrogens (tertiary/aromatic N) is 3. The Labute approximate surface area is 112 Å². The molecule has 1 saturated carbocycles. The quantitative estimate of drug-likeness (QED) is 0.805. The first-order valence-corrected chi connectivity index (χ1v) is 6.93. The van der Waals surface area contributed by atoms with Crippen molar-refractivity contribution >= 4 is 15.9 Å². The van der Waals surface area contributed by atoms with Crippen LogP contribution in [0.5, 0.6) is 0 Å². The van der Waals surface area contributed by atoms with Crippen LogP contribution in [-0.4, -0.2) is 14.8 Å². The predicted octanol–water partition coefficient (Wildman–Crippen LogP) is 3.67. The van der Waals surface area contributed by atoms with Gasteiger partial charge in [-0.3, -0.25) is 9.67 Å². The maximum atomic E-state index is 12.9. The Balaban J connectivity index is 1.86. The van der Waals surface area contributed by atoms with E-state index >= 15 is 0 Å². The highest BCUT2D eigenvalue weighted by atomic mass is 79.9. The number of aromatic nitrogens is 3. The Bertz CT molecular complexity index is 620. The maximum absolute atomic E-state index is 12.9. The normalized spacial score (nSPS) is 24.6. The average molecular weight is 308 g/mol. The summed E-state index contributed by atoms with van der Waals surface area (Å²) in [5.74, 6) is 0.313. The summed E-state index contributed by atoms with van der Waals surface area (Å²) in [4.78, 5) is 4.11. The van der Waals surface area contributed by atoms with E-state index in [0.29, 0.717) is 12.0 Å². The molecule has 0 amide bonds. The second kappa shape index (κ2) is 3.63. The summed E-state index contributed by atoms with van der Waals surface area (Å²) in [6, 6.07) is 3.66. The second-order valence-electron chi connectivity index (χ2n) is 5.02. The SMILES string of the molecule is Fc1ccc(-c2nn3c(c2Br)C2CCC3C2)nc1. The average Bonchev–Trinajstić information content (AvgIpc) is 3.03. The Morgan fingerprint density at radius 3 is 2.94 bits per heavy atom. The maximum Gasteiger partial charge on any atom is 0.141 e. The minimum atomic E-state index is -0.318. The van der Waals surface area contributed by atoms with Gasteiger partial charge in [-0.25, -0.2) is 4.39 Å². The number of hydrogen-bond acceptors (Lipinski definition) is 2. The van der Waals surface area contributed by atoms with Crippen LogP contribution in [0, 0.1) is 5.82 Å². The van der Waals surface area contributed by atoms with Crippen LogP contribution in [-0.2, 0) is 0 Å². The van der Waals surface area contributed by atoms with Gasteiger partial charge in [0.1, 0.15) is 11.5 Å². The van der Waals surface area contributed by atoms with Gasteiger partial charge >= 0.3 is 0 Å². The van der Waals surface area contributed by atoms with Gasteiger partial charge in [-0.1, -0.05) is 0 Å². The number of hydrogen-bond donors (Lipinski definition) is 0. The molecule has 3 nitrogen and oxygen atoms in total. The van der Waals surface area contributed by atoms with Gasteiger partial charge in [0.25, 0.3) is 0 Å². The molecule has 92 valence electrons. The topological polar surface area (TPSA) is 30.7 Å². The summed E-state index contributed by atoms with van der Waals surface area (Å²) >= 11 is 3.64. The van der Waals surface area contributed by atoms with Gasteiger partial charge in [-0.2, -0.15) is 5.10 Å². The minimum absolute atomic E-state index is 0.318. The molecule has 2 bridgehead atoms. The summed E-state index contributed by atoms with van der Waals surface area (Å²) in [5.41, 5.74) is 2.86. The number of rotatable bonds is 1. The Morgan fingerprint density at radius 1 is 1.33 bits per heavy atom. The molecule has 0 spiro atoms. The summed E-state index contributed by atoms with van der Waals surface area (Å²) in [6.45, 7) is 0. The standard InChI is InChI=1S/C13H11BrFN3/c14-11-12(10-4-2-8(15)6-16-10)17-18-9-3-1-7(5-9)13(11)18/h2,4,6-7,9H,1,3,5H2. The zero-order valence-corrected chi connectivity index (χ0v) is 11.2. The molecule has 0 N–H and O–H groups in total. The second-order valence-corrected chi connectivity index (χ2v) is 5.81. The predicted molar refractivity (Wildman–Crippen MR) is 68.7 cm³/mol. The molecule has 4 rings (SSSR count). The van der Waals surface area contributed by atoms with E-state index in [9.17, 15) is 4.39 Å². The van der Waals surface area contributed by atoms with Gasteiger partial charge in [-0.15, -0.1) is 0 Å². The largest absolute Gasteiger partial charge is 0.264 e. The van der Waals surface area contributed by atoms with Crippen LogP contribution in [0.4, 0.5) is 4.39 Å². The molecule has 2 unspecified atom stereocenters. The van der Waals surface area contributed by atoms with E-state index in [1.807, 2.05) is 0 Å². The van der Waals surface area contributed by atoms with Crippen molar-refractivity contribution in [3.63, 3.8) is 0 Å². The zero-order chi connectivity index (χ0) is 12.3. The molecular weight excluding hydrogens is 297 g/mol. The van der Waals surface area contributed by atoms with E-state index < -0.39 is 0 Å². The smallest absolute Gasteiger partial charge is 0.141 e. The van der Waals surface area contributed by atoms with Crippen LogP contribution < -0.4 is 0 Å². The fourth-order valence-electron chi connectivity index (χ4n) is 3.18. The van der Waals surface area contributed by atoms with Crippen molar-refractivity contribution in [2.75, 3.05) is 0 Å². The number of fused-ring (bicyclic) bond motifs is 5. The van der Waals surface area contributed by atoms with E-state index in [1.165, 1.54) is 37.2 Å². The van der Waals surface area contributed by atoms with Crippen molar-refractivity contribution < 1.29 is 4.39 Å². The highest BCUT2D eigenvalue weighted by Crippen LogP contribution is 2.52. The van der Waals surface area contributed by atoms with Crippen LogP contribution in [0.15, 0.2) is 22.8 Å². The fraction of sp³-hybridized carbons (Fsp3) is 0.385. The molecule has 1 aliphatic carbocycles.